The second-order valence-corrected chi connectivity index (χ2v) is 6.89. The van der Waals surface area contributed by atoms with Crippen LogP contribution >= 0.6 is 0 Å². The first kappa shape index (κ1) is 21.2. The number of nitrogen functional groups attached to an aromatic ring is 1. The number of aromatic nitrogens is 2. The minimum atomic E-state index is -4.48. The first-order chi connectivity index (χ1) is 14.1. The maximum absolute atomic E-state index is 12.8. The monoisotopic (exact) mass is 419 g/mol. The number of anilines is 1. The molecule has 1 saturated heterocycles. The van der Waals surface area contributed by atoms with Crippen molar-refractivity contribution in [2.45, 2.75) is 32.0 Å². The van der Waals surface area contributed by atoms with Crippen molar-refractivity contribution in [3.05, 3.63) is 35.4 Å². The number of amides is 2. The summed E-state index contributed by atoms with van der Waals surface area (Å²) in [5.74, 6) is 4.04. The summed E-state index contributed by atoms with van der Waals surface area (Å²) in [6.07, 6.45) is -3.40. The standard InChI is InChI=1S/C20H20F3N5O2/c1-2-3-15(29)27-10-8-14(9-11-27)28-18(24)16(19(25)30)17(26-28)12-4-6-13(7-5-12)20(21,22)23/h4-7,14H,8-11,24H2,1H3,(H2,25,30). The summed E-state index contributed by atoms with van der Waals surface area (Å²) in [5, 5.41) is 4.40. The van der Waals surface area contributed by atoms with Crippen LogP contribution in [0.1, 0.15) is 41.7 Å². The summed E-state index contributed by atoms with van der Waals surface area (Å²) in [7, 11) is 0. The SMILES string of the molecule is CC#CC(=O)N1CCC(n2nc(-c3ccc(C(F)(F)F)cc3)c(C(N)=O)c2N)CC1. The molecule has 0 radical (unpaired) electrons. The van der Waals surface area contributed by atoms with E-state index in [2.05, 4.69) is 16.9 Å². The summed E-state index contributed by atoms with van der Waals surface area (Å²) < 4.78 is 40.0. The van der Waals surface area contributed by atoms with Gasteiger partial charge < -0.3 is 16.4 Å². The van der Waals surface area contributed by atoms with Crippen LogP contribution in [-0.2, 0) is 11.0 Å². The Hall–Kier alpha value is -3.48. The van der Waals surface area contributed by atoms with E-state index in [0.717, 1.165) is 12.1 Å². The van der Waals surface area contributed by atoms with Crippen LogP contribution in [0.3, 0.4) is 0 Å². The molecule has 4 N–H and O–H groups in total. The van der Waals surface area contributed by atoms with Crippen LogP contribution in [-0.4, -0.2) is 39.6 Å². The van der Waals surface area contributed by atoms with Crippen molar-refractivity contribution in [3.63, 3.8) is 0 Å². The van der Waals surface area contributed by atoms with E-state index in [9.17, 15) is 22.8 Å². The molecule has 10 heteroatoms. The molecule has 1 aliphatic rings. The number of rotatable bonds is 3. The summed E-state index contributed by atoms with van der Waals surface area (Å²) in [6, 6.07) is 4.09. The van der Waals surface area contributed by atoms with Gasteiger partial charge in [0.2, 0.25) is 0 Å². The van der Waals surface area contributed by atoms with Gasteiger partial charge >= 0.3 is 6.18 Å². The van der Waals surface area contributed by atoms with Gasteiger partial charge in [0.25, 0.3) is 11.8 Å². The van der Waals surface area contributed by atoms with E-state index in [0.29, 0.717) is 31.5 Å². The number of primary amides is 1. The third-order valence-electron chi connectivity index (χ3n) is 5.01. The van der Waals surface area contributed by atoms with Gasteiger partial charge in [-0.1, -0.05) is 18.1 Å². The number of benzene rings is 1. The normalized spacial score (nSPS) is 14.9. The smallest absolute Gasteiger partial charge is 0.383 e. The van der Waals surface area contributed by atoms with Crippen LogP contribution < -0.4 is 11.5 Å². The zero-order valence-electron chi connectivity index (χ0n) is 16.2. The third kappa shape index (κ3) is 4.10. The zero-order chi connectivity index (χ0) is 22.1. The van der Waals surface area contributed by atoms with Gasteiger partial charge in [-0.2, -0.15) is 18.3 Å². The Labute approximate surface area is 170 Å². The van der Waals surface area contributed by atoms with Crippen molar-refractivity contribution >= 4 is 17.6 Å². The predicted octanol–water partition coefficient (Wildman–Crippen LogP) is 2.44. The zero-order valence-corrected chi connectivity index (χ0v) is 16.2. The quantitative estimate of drug-likeness (QED) is 0.745. The fourth-order valence-corrected chi connectivity index (χ4v) is 3.49. The van der Waals surface area contributed by atoms with Gasteiger partial charge in [-0.05, 0) is 37.8 Å². The van der Waals surface area contributed by atoms with E-state index < -0.39 is 17.6 Å². The second-order valence-electron chi connectivity index (χ2n) is 6.89. The van der Waals surface area contributed by atoms with Gasteiger partial charge in [0.1, 0.15) is 17.1 Å². The number of carbonyl (C=O) groups is 2. The summed E-state index contributed by atoms with van der Waals surface area (Å²) >= 11 is 0. The van der Waals surface area contributed by atoms with Crippen molar-refractivity contribution in [1.29, 1.82) is 0 Å². The molecule has 1 aromatic carbocycles. The molecule has 0 spiro atoms. The third-order valence-corrected chi connectivity index (χ3v) is 5.01. The molecule has 0 unspecified atom stereocenters. The molecule has 7 nitrogen and oxygen atoms in total. The highest BCUT2D eigenvalue weighted by atomic mass is 19.4. The lowest BCUT2D eigenvalue weighted by Gasteiger charge is -2.31. The van der Waals surface area contributed by atoms with Crippen LogP contribution in [0.4, 0.5) is 19.0 Å². The number of alkyl halides is 3. The fraction of sp³-hybridized carbons (Fsp3) is 0.350. The Morgan fingerprint density at radius 3 is 2.27 bits per heavy atom. The average Bonchev–Trinajstić information content (AvgIpc) is 3.05. The van der Waals surface area contributed by atoms with Gasteiger partial charge in [0, 0.05) is 18.7 Å². The molecule has 158 valence electrons. The molecule has 2 amide bonds. The number of carbonyl (C=O) groups excluding carboxylic acids is 2. The molecule has 0 saturated carbocycles. The number of nitrogens with two attached hydrogens (primary N) is 2. The number of piperidine rings is 1. The minimum absolute atomic E-state index is 0.0369. The van der Waals surface area contributed by atoms with Crippen LogP contribution in [0.15, 0.2) is 24.3 Å². The lowest BCUT2D eigenvalue weighted by molar-refractivity contribution is -0.137. The maximum Gasteiger partial charge on any atom is 0.416 e. The Bertz CT molecular complexity index is 1020. The van der Waals surface area contributed by atoms with Gasteiger partial charge in [0.05, 0.1) is 11.6 Å². The predicted molar refractivity (Wildman–Crippen MR) is 104 cm³/mol. The fourth-order valence-electron chi connectivity index (χ4n) is 3.49. The van der Waals surface area contributed by atoms with Crippen LogP contribution in [0.2, 0.25) is 0 Å². The minimum Gasteiger partial charge on any atom is -0.383 e. The molecule has 3 rings (SSSR count). The molecule has 1 aromatic heterocycles. The van der Waals surface area contributed by atoms with Crippen molar-refractivity contribution < 1.29 is 22.8 Å². The number of halogens is 3. The van der Waals surface area contributed by atoms with E-state index >= 15 is 0 Å². The first-order valence-corrected chi connectivity index (χ1v) is 9.20. The molecule has 0 aliphatic carbocycles. The topological polar surface area (TPSA) is 107 Å². The van der Waals surface area contributed by atoms with Gasteiger partial charge in [-0.25, -0.2) is 4.68 Å². The van der Waals surface area contributed by atoms with E-state index in [-0.39, 0.29) is 29.0 Å². The van der Waals surface area contributed by atoms with Crippen LogP contribution in [0.25, 0.3) is 11.3 Å². The molecule has 2 aromatic rings. The number of nitrogens with zero attached hydrogens (tertiary/aromatic N) is 3. The average molecular weight is 419 g/mol. The van der Waals surface area contributed by atoms with Crippen molar-refractivity contribution in [2.24, 2.45) is 5.73 Å². The number of hydrogen-bond donors (Lipinski definition) is 2. The molecule has 0 bridgehead atoms. The molecule has 0 atom stereocenters. The van der Waals surface area contributed by atoms with E-state index in [1.54, 1.807) is 11.8 Å². The van der Waals surface area contributed by atoms with E-state index in [1.165, 1.54) is 16.8 Å². The highest BCUT2D eigenvalue weighted by molar-refractivity contribution is 6.03. The van der Waals surface area contributed by atoms with Crippen molar-refractivity contribution in [1.82, 2.24) is 14.7 Å². The van der Waals surface area contributed by atoms with Gasteiger partial charge in [-0.15, -0.1) is 0 Å². The lowest BCUT2D eigenvalue weighted by atomic mass is 10.0. The molecule has 2 heterocycles. The van der Waals surface area contributed by atoms with Gasteiger partial charge in [-0.3, -0.25) is 9.59 Å². The van der Waals surface area contributed by atoms with Crippen LogP contribution in [0.5, 0.6) is 0 Å². The molecule has 1 fully saturated rings. The Morgan fingerprint density at radius 2 is 1.77 bits per heavy atom. The first-order valence-electron chi connectivity index (χ1n) is 9.20. The Morgan fingerprint density at radius 1 is 1.17 bits per heavy atom. The van der Waals surface area contributed by atoms with E-state index in [1.807, 2.05) is 0 Å². The highest BCUT2D eigenvalue weighted by Gasteiger charge is 2.32. The molecule has 1 aliphatic heterocycles. The second kappa shape index (κ2) is 8.10. The summed E-state index contributed by atoms with van der Waals surface area (Å²) in [5.41, 5.74) is 11.2. The van der Waals surface area contributed by atoms with Gasteiger partial charge in [0.15, 0.2) is 0 Å². The maximum atomic E-state index is 12.8. The largest absolute Gasteiger partial charge is 0.416 e. The highest BCUT2D eigenvalue weighted by Crippen LogP contribution is 2.34. The Balaban J connectivity index is 1.91. The Kier molecular flexibility index (Phi) is 5.73. The van der Waals surface area contributed by atoms with Crippen molar-refractivity contribution in [2.75, 3.05) is 18.8 Å². The van der Waals surface area contributed by atoms with E-state index in [4.69, 9.17) is 11.5 Å². The molecular weight excluding hydrogens is 399 g/mol. The number of hydrogen-bond acceptors (Lipinski definition) is 4. The molecular formula is C20H20F3N5O2. The lowest BCUT2D eigenvalue weighted by Crippen LogP contribution is -2.38. The summed E-state index contributed by atoms with van der Waals surface area (Å²) in [6.45, 7) is 2.47. The molecule has 30 heavy (non-hydrogen) atoms. The summed E-state index contributed by atoms with van der Waals surface area (Å²) in [4.78, 5) is 25.5. The number of likely N-dealkylation sites (tertiary alicyclic amines) is 1. The van der Waals surface area contributed by atoms with Crippen molar-refractivity contribution in [3.8, 4) is 23.1 Å². The van der Waals surface area contributed by atoms with Crippen LogP contribution in [0, 0.1) is 11.8 Å².